The number of anilines is 1. The van der Waals surface area contributed by atoms with Crippen molar-refractivity contribution in [1.82, 2.24) is 0 Å². The lowest BCUT2D eigenvalue weighted by Crippen LogP contribution is -2.44. The fourth-order valence-electron chi connectivity index (χ4n) is 3.09. The molecule has 1 N–H and O–H groups in total. The molecule has 0 saturated heterocycles. The van der Waals surface area contributed by atoms with Gasteiger partial charge >= 0.3 is 0 Å². The molecule has 0 radical (unpaired) electrons. The van der Waals surface area contributed by atoms with Gasteiger partial charge in [-0.1, -0.05) is 34.6 Å². The van der Waals surface area contributed by atoms with Crippen molar-refractivity contribution in [3.63, 3.8) is 0 Å². The van der Waals surface area contributed by atoms with E-state index in [1.54, 1.807) is 0 Å². The molecule has 1 atom stereocenters. The molecule has 148 valence electrons. The van der Waals surface area contributed by atoms with Crippen LogP contribution < -0.4 is 10.1 Å². The third-order valence-electron chi connectivity index (χ3n) is 4.18. The summed E-state index contributed by atoms with van der Waals surface area (Å²) >= 11 is 0. The number of nitrogens with one attached hydrogen (secondary N) is 1. The first-order valence-corrected chi connectivity index (χ1v) is 9.78. The Labute approximate surface area is 159 Å². The molecule has 4 heteroatoms. The van der Waals surface area contributed by atoms with Crippen molar-refractivity contribution in [3.8, 4) is 5.75 Å². The van der Waals surface area contributed by atoms with Crippen molar-refractivity contribution >= 4 is 11.6 Å². The first-order valence-electron chi connectivity index (χ1n) is 9.78. The van der Waals surface area contributed by atoms with E-state index in [2.05, 4.69) is 39.9 Å². The predicted molar refractivity (Wildman–Crippen MR) is 109 cm³/mol. The second-order valence-corrected chi connectivity index (χ2v) is 8.28. The molecular weight excluding hydrogens is 326 g/mol. The Morgan fingerprint density at radius 2 is 1.69 bits per heavy atom. The van der Waals surface area contributed by atoms with Crippen molar-refractivity contribution < 1.29 is 14.3 Å². The highest BCUT2D eigenvalue weighted by molar-refractivity contribution is 5.97. The molecule has 0 aliphatic rings. The van der Waals surface area contributed by atoms with E-state index in [9.17, 15) is 4.79 Å². The maximum atomic E-state index is 12.9. The Morgan fingerprint density at radius 1 is 1.12 bits per heavy atom. The van der Waals surface area contributed by atoms with Crippen LogP contribution in [0.3, 0.4) is 0 Å². The summed E-state index contributed by atoms with van der Waals surface area (Å²) in [5.41, 5.74) is 2.03. The van der Waals surface area contributed by atoms with Gasteiger partial charge in [0.15, 0.2) is 0 Å². The number of carbonyl (C=O) groups excluding carboxylic acids is 1. The third kappa shape index (κ3) is 6.64. The van der Waals surface area contributed by atoms with Gasteiger partial charge in [0.25, 0.3) is 5.91 Å². The van der Waals surface area contributed by atoms with Crippen LogP contribution in [-0.4, -0.2) is 24.7 Å². The molecule has 0 heterocycles. The van der Waals surface area contributed by atoms with Gasteiger partial charge in [-0.05, 0) is 68.7 Å². The number of rotatable bonds is 10. The Kier molecular flexibility index (Phi) is 8.61. The lowest BCUT2D eigenvalue weighted by atomic mass is 9.92. The molecule has 0 fully saturated rings. The van der Waals surface area contributed by atoms with Crippen molar-refractivity contribution in [3.05, 3.63) is 23.3 Å². The quantitative estimate of drug-likeness (QED) is 0.596. The summed E-state index contributed by atoms with van der Waals surface area (Å²) in [5.74, 6) is 1.66. The summed E-state index contributed by atoms with van der Waals surface area (Å²) in [6, 6.07) is 3.94. The Balaban J connectivity index is 2.96. The fourth-order valence-corrected chi connectivity index (χ4v) is 3.09. The number of ether oxygens (including phenoxy) is 2. The number of hydrogen-bond donors (Lipinski definition) is 1. The van der Waals surface area contributed by atoms with Gasteiger partial charge in [-0.2, -0.15) is 0 Å². The molecule has 0 aliphatic heterocycles. The van der Waals surface area contributed by atoms with E-state index in [0.717, 1.165) is 29.0 Å². The van der Waals surface area contributed by atoms with E-state index >= 15 is 0 Å². The van der Waals surface area contributed by atoms with Crippen LogP contribution >= 0.6 is 0 Å². The molecular formula is C22H37NO3. The largest absolute Gasteiger partial charge is 0.493 e. The Hall–Kier alpha value is -1.55. The van der Waals surface area contributed by atoms with Gasteiger partial charge in [0.05, 0.1) is 6.61 Å². The van der Waals surface area contributed by atoms with Crippen molar-refractivity contribution in [2.75, 3.05) is 18.5 Å². The maximum absolute atomic E-state index is 12.9. The highest BCUT2D eigenvalue weighted by Gasteiger charge is 2.35. The Morgan fingerprint density at radius 3 is 2.15 bits per heavy atom. The van der Waals surface area contributed by atoms with Gasteiger partial charge in [0.1, 0.15) is 11.4 Å². The molecule has 1 rings (SSSR count). The number of amides is 1. The molecule has 4 nitrogen and oxygen atoms in total. The zero-order chi connectivity index (χ0) is 19.9. The summed E-state index contributed by atoms with van der Waals surface area (Å²) in [6.45, 7) is 17.7. The van der Waals surface area contributed by atoms with E-state index in [0.29, 0.717) is 31.5 Å². The molecule has 0 saturated carbocycles. The van der Waals surface area contributed by atoms with E-state index in [-0.39, 0.29) is 5.91 Å². The van der Waals surface area contributed by atoms with Crippen molar-refractivity contribution in [1.29, 1.82) is 0 Å². The topological polar surface area (TPSA) is 47.6 Å². The van der Waals surface area contributed by atoms with E-state index in [1.165, 1.54) is 0 Å². The molecule has 0 bridgehead atoms. The third-order valence-corrected chi connectivity index (χ3v) is 4.18. The van der Waals surface area contributed by atoms with Crippen LogP contribution in [0.4, 0.5) is 5.69 Å². The average molecular weight is 364 g/mol. The second kappa shape index (κ2) is 9.96. The lowest BCUT2D eigenvalue weighted by molar-refractivity contribution is -0.141. The van der Waals surface area contributed by atoms with Gasteiger partial charge in [-0.15, -0.1) is 0 Å². The minimum Gasteiger partial charge on any atom is -0.493 e. The Bertz CT molecular complexity index is 572. The fraction of sp³-hybridized carbons (Fsp3) is 0.682. The summed E-state index contributed by atoms with van der Waals surface area (Å²) in [5, 5.41) is 3.05. The van der Waals surface area contributed by atoms with Crippen LogP contribution in [-0.2, 0) is 9.53 Å². The van der Waals surface area contributed by atoms with Gasteiger partial charge < -0.3 is 14.8 Å². The molecule has 0 aromatic heterocycles. The summed E-state index contributed by atoms with van der Waals surface area (Å²) in [6.07, 6.45) is 1.58. The number of benzene rings is 1. The van der Waals surface area contributed by atoms with Crippen LogP contribution in [0.1, 0.15) is 65.5 Å². The lowest BCUT2D eigenvalue weighted by Gasteiger charge is -2.30. The van der Waals surface area contributed by atoms with Gasteiger partial charge in [0, 0.05) is 12.3 Å². The molecule has 1 aromatic rings. The minimum atomic E-state index is -0.821. The maximum Gasteiger partial charge on any atom is 0.256 e. The van der Waals surface area contributed by atoms with Crippen LogP contribution in [0.15, 0.2) is 12.1 Å². The standard InChI is InChI=1S/C22H37NO3/c1-9-10-26-22(8,13-15(2)3)21(24)23-19-11-17(6)20(18(7)12-19)25-14-16(4)5/h11-12,15-16H,9-10,13-14H2,1-8H3,(H,23,24)/t22-/m0/s1. The van der Waals surface area contributed by atoms with Gasteiger partial charge in [-0.3, -0.25) is 4.79 Å². The first-order chi connectivity index (χ1) is 12.1. The highest BCUT2D eigenvalue weighted by Crippen LogP contribution is 2.29. The zero-order valence-corrected chi connectivity index (χ0v) is 17.9. The minimum absolute atomic E-state index is 0.0886. The normalized spacial score (nSPS) is 13.8. The molecule has 1 aromatic carbocycles. The van der Waals surface area contributed by atoms with Gasteiger partial charge in [-0.25, -0.2) is 0 Å². The highest BCUT2D eigenvalue weighted by atomic mass is 16.5. The second-order valence-electron chi connectivity index (χ2n) is 8.28. The van der Waals surface area contributed by atoms with Crippen molar-refractivity contribution in [2.24, 2.45) is 11.8 Å². The van der Waals surface area contributed by atoms with Crippen molar-refractivity contribution in [2.45, 2.75) is 73.8 Å². The van der Waals surface area contributed by atoms with Crippen LogP contribution in [0.5, 0.6) is 5.75 Å². The monoisotopic (exact) mass is 363 g/mol. The molecule has 26 heavy (non-hydrogen) atoms. The average Bonchev–Trinajstić information content (AvgIpc) is 2.51. The van der Waals surface area contributed by atoms with E-state index < -0.39 is 5.60 Å². The van der Waals surface area contributed by atoms with E-state index in [1.807, 2.05) is 32.9 Å². The molecule has 0 unspecified atom stereocenters. The van der Waals surface area contributed by atoms with E-state index in [4.69, 9.17) is 9.47 Å². The number of carbonyl (C=O) groups is 1. The smallest absolute Gasteiger partial charge is 0.256 e. The molecule has 0 spiro atoms. The molecule has 0 aliphatic carbocycles. The van der Waals surface area contributed by atoms with Crippen LogP contribution in [0, 0.1) is 25.7 Å². The summed E-state index contributed by atoms with van der Waals surface area (Å²) in [7, 11) is 0. The van der Waals surface area contributed by atoms with Crippen LogP contribution in [0.25, 0.3) is 0 Å². The van der Waals surface area contributed by atoms with Crippen LogP contribution in [0.2, 0.25) is 0 Å². The predicted octanol–water partition coefficient (Wildman–Crippen LogP) is 5.51. The SMILES string of the molecule is CCCO[C@@](C)(CC(C)C)C(=O)Nc1cc(C)c(OCC(C)C)c(C)c1. The van der Waals surface area contributed by atoms with Gasteiger partial charge in [0.2, 0.25) is 0 Å². The number of aryl methyl sites for hydroxylation is 2. The first kappa shape index (κ1) is 22.5. The molecule has 1 amide bonds. The number of hydrogen-bond acceptors (Lipinski definition) is 3. The summed E-state index contributed by atoms with van der Waals surface area (Å²) < 4.78 is 11.9. The summed E-state index contributed by atoms with van der Waals surface area (Å²) in [4.78, 5) is 12.9. The zero-order valence-electron chi connectivity index (χ0n) is 17.9.